The summed E-state index contributed by atoms with van der Waals surface area (Å²) in [6.45, 7) is 6.39. The highest BCUT2D eigenvalue weighted by atomic mass is 127. The molecule has 0 aliphatic carbocycles. The molecule has 0 aromatic rings. The van der Waals surface area contributed by atoms with Crippen LogP contribution in [-0.4, -0.2) is 80.8 Å². The number of piperidine rings is 1. The summed E-state index contributed by atoms with van der Waals surface area (Å²) in [5, 5.41) is 6.52. The van der Waals surface area contributed by atoms with Crippen LogP contribution in [0.2, 0.25) is 0 Å². The third kappa shape index (κ3) is 8.76. The Labute approximate surface area is 165 Å². The molecule has 2 rings (SSSR count). The van der Waals surface area contributed by atoms with Crippen LogP contribution in [-0.2, 0) is 0 Å². The third-order valence-electron chi connectivity index (χ3n) is 4.70. The monoisotopic (exact) mass is 477 g/mol. The van der Waals surface area contributed by atoms with Crippen molar-refractivity contribution in [2.75, 3.05) is 52.9 Å². The van der Waals surface area contributed by atoms with E-state index < -0.39 is 12.7 Å². The van der Waals surface area contributed by atoms with Gasteiger partial charge in [0.25, 0.3) is 0 Å². The molecule has 9 heteroatoms. The van der Waals surface area contributed by atoms with E-state index in [0.29, 0.717) is 25.5 Å². The Morgan fingerprint density at radius 1 is 1.16 bits per heavy atom. The van der Waals surface area contributed by atoms with Crippen molar-refractivity contribution in [1.82, 2.24) is 20.4 Å². The smallest absolute Gasteiger partial charge is 0.355 e. The van der Waals surface area contributed by atoms with Gasteiger partial charge in [-0.2, -0.15) is 13.2 Å². The van der Waals surface area contributed by atoms with Crippen LogP contribution in [0.25, 0.3) is 0 Å². The SMILES string of the molecule is CN=C(NCCN1CCCC(C)C1)NC1CCN(CC(F)(F)F)C1.I. The number of hydrogen-bond donors (Lipinski definition) is 2. The van der Waals surface area contributed by atoms with Crippen LogP contribution < -0.4 is 10.6 Å². The lowest BCUT2D eigenvalue weighted by Gasteiger charge is -2.31. The second-order valence-electron chi connectivity index (χ2n) is 7.03. The van der Waals surface area contributed by atoms with Crippen LogP contribution in [0.15, 0.2) is 4.99 Å². The van der Waals surface area contributed by atoms with Crippen molar-refractivity contribution in [2.24, 2.45) is 10.9 Å². The molecule has 5 nitrogen and oxygen atoms in total. The molecule has 2 N–H and O–H groups in total. The fourth-order valence-corrected chi connectivity index (χ4v) is 3.56. The number of nitrogens with zero attached hydrogens (tertiary/aromatic N) is 3. The van der Waals surface area contributed by atoms with Gasteiger partial charge in [0, 0.05) is 45.8 Å². The molecule has 2 saturated heterocycles. The number of nitrogens with one attached hydrogen (secondary N) is 2. The van der Waals surface area contributed by atoms with Gasteiger partial charge in [0.2, 0.25) is 0 Å². The molecule has 0 aromatic carbocycles. The van der Waals surface area contributed by atoms with Crippen molar-refractivity contribution in [3.05, 3.63) is 0 Å². The summed E-state index contributed by atoms with van der Waals surface area (Å²) in [6, 6.07) is 0.0218. The highest BCUT2D eigenvalue weighted by molar-refractivity contribution is 14.0. The number of likely N-dealkylation sites (tertiary alicyclic amines) is 2. The van der Waals surface area contributed by atoms with Gasteiger partial charge in [-0.1, -0.05) is 6.92 Å². The van der Waals surface area contributed by atoms with E-state index in [1.165, 1.54) is 17.7 Å². The third-order valence-corrected chi connectivity index (χ3v) is 4.70. The molecule has 2 unspecified atom stereocenters. The summed E-state index contributed by atoms with van der Waals surface area (Å²) in [4.78, 5) is 8.08. The van der Waals surface area contributed by atoms with Crippen LogP contribution in [0.5, 0.6) is 0 Å². The molecule has 0 radical (unpaired) electrons. The molecule has 0 amide bonds. The van der Waals surface area contributed by atoms with E-state index in [9.17, 15) is 13.2 Å². The lowest BCUT2D eigenvalue weighted by molar-refractivity contribution is -0.143. The molecule has 25 heavy (non-hydrogen) atoms. The van der Waals surface area contributed by atoms with Crippen LogP contribution in [0.3, 0.4) is 0 Å². The van der Waals surface area contributed by atoms with Crippen molar-refractivity contribution in [1.29, 1.82) is 0 Å². The van der Waals surface area contributed by atoms with Gasteiger partial charge in [-0.3, -0.25) is 9.89 Å². The van der Waals surface area contributed by atoms with Crippen LogP contribution in [0.4, 0.5) is 13.2 Å². The molecule has 0 saturated carbocycles. The lowest BCUT2D eigenvalue weighted by Crippen LogP contribution is -2.47. The van der Waals surface area contributed by atoms with Gasteiger partial charge in [-0.15, -0.1) is 24.0 Å². The molecule has 0 bridgehead atoms. The zero-order chi connectivity index (χ0) is 17.6. The maximum atomic E-state index is 12.4. The fourth-order valence-electron chi connectivity index (χ4n) is 3.56. The van der Waals surface area contributed by atoms with Gasteiger partial charge in [-0.25, -0.2) is 0 Å². The van der Waals surface area contributed by atoms with Gasteiger partial charge in [-0.05, 0) is 31.7 Å². The van der Waals surface area contributed by atoms with Crippen LogP contribution >= 0.6 is 24.0 Å². The van der Waals surface area contributed by atoms with E-state index in [1.807, 2.05) is 0 Å². The molecule has 2 heterocycles. The van der Waals surface area contributed by atoms with E-state index >= 15 is 0 Å². The summed E-state index contributed by atoms with van der Waals surface area (Å²) >= 11 is 0. The molecule has 0 spiro atoms. The van der Waals surface area contributed by atoms with Gasteiger partial charge in [0.05, 0.1) is 6.54 Å². The number of halogens is 4. The Morgan fingerprint density at radius 3 is 2.56 bits per heavy atom. The van der Waals surface area contributed by atoms with Crippen LogP contribution in [0, 0.1) is 5.92 Å². The van der Waals surface area contributed by atoms with Gasteiger partial charge in [0.1, 0.15) is 0 Å². The molecule has 2 aliphatic rings. The first-order valence-electron chi connectivity index (χ1n) is 8.84. The normalized spacial score (nSPS) is 26.4. The minimum atomic E-state index is -4.12. The lowest BCUT2D eigenvalue weighted by atomic mass is 10.0. The van der Waals surface area contributed by atoms with E-state index in [0.717, 1.165) is 32.1 Å². The molecule has 148 valence electrons. The minimum absolute atomic E-state index is 0. The predicted octanol–water partition coefficient (Wildman–Crippen LogP) is 2.14. The van der Waals surface area contributed by atoms with E-state index in [4.69, 9.17) is 0 Å². The number of alkyl halides is 3. The second kappa shape index (κ2) is 10.8. The number of hydrogen-bond acceptors (Lipinski definition) is 3. The Morgan fingerprint density at radius 2 is 1.92 bits per heavy atom. The summed E-state index contributed by atoms with van der Waals surface area (Å²) < 4.78 is 37.3. The first kappa shape index (κ1) is 22.8. The van der Waals surface area contributed by atoms with Crippen molar-refractivity contribution in [3.63, 3.8) is 0 Å². The van der Waals surface area contributed by atoms with Crippen molar-refractivity contribution >= 4 is 29.9 Å². The van der Waals surface area contributed by atoms with Gasteiger partial charge in [0.15, 0.2) is 5.96 Å². The van der Waals surface area contributed by atoms with Crippen molar-refractivity contribution < 1.29 is 13.2 Å². The maximum absolute atomic E-state index is 12.4. The summed E-state index contributed by atoms with van der Waals surface area (Å²) in [7, 11) is 1.70. The van der Waals surface area contributed by atoms with Crippen molar-refractivity contribution in [3.8, 4) is 0 Å². The molecule has 2 aliphatic heterocycles. The fraction of sp³-hybridized carbons (Fsp3) is 0.938. The average molecular weight is 477 g/mol. The van der Waals surface area contributed by atoms with Gasteiger partial charge >= 0.3 is 6.18 Å². The highest BCUT2D eigenvalue weighted by Crippen LogP contribution is 2.20. The standard InChI is InChI=1S/C16H30F3N5.HI/c1-13-4-3-7-23(10-13)9-6-21-15(20-2)22-14-5-8-24(11-14)12-16(17,18)19;/h13-14H,3-12H2,1-2H3,(H2,20,21,22);1H. The summed E-state index contributed by atoms with van der Waals surface area (Å²) in [6.07, 6.45) is -0.852. The summed E-state index contributed by atoms with van der Waals surface area (Å²) in [5.41, 5.74) is 0. The topological polar surface area (TPSA) is 42.9 Å². The quantitative estimate of drug-likeness (QED) is 0.362. The maximum Gasteiger partial charge on any atom is 0.401 e. The van der Waals surface area contributed by atoms with Gasteiger partial charge < -0.3 is 15.5 Å². The zero-order valence-electron chi connectivity index (χ0n) is 15.1. The Balaban J connectivity index is 0.00000312. The van der Waals surface area contributed by atoms with Crippen LogP contribution in [0.1, 0.15) is 26.2 Å². The Kier molecular flexibility index (Phi) is 9.79. The minimum Gasteiger partial charge on any atom is -0.355 e. The Bertz CT molecular complexity index is 419. The predicted molar refractivity (Wildman–Crippen MR) is 106 cm³/mol. The average Bonchev–Trinajstić information content (AvgIpc) is 2.91. The number of rotatable bonds is 5. The van der Waals surface area contributed by atoms with E-state index in [1.54, 1.807) is 7.05 Å². The first-order chi connectivity index (χ1) is 11.4. The second-order valence-corrected chi connectivity index (χ2v) is 7.03. The molecule has 2 atom stereocenters. The molecular weight excluding hydrogens is 446 g/mol. The molecule has 0 aromatic heterocycles. The largest absolute Gasteiger partial charge is 0.401 e. The molecule has 2 fully saturated rings. The number of aliphatic imine (C=N–C) groups is 1. The molecular formula is C16H31F3IN5. The Hall–Kier alpha value is -0.290. The number of guanidine groups is 1. The first-order valence-corrected chi connectivity index (χ1v) is 8.84. The zero-order valence-corrected chi connectivity index (χ0v) is 17.4. The van der Waals surface area contributed by atoms with E-state index in [-0.39, 0.29) is 30.0 Å². The highest BCUT2D eigenvalue weighted by Gasteiger charge is 2.34. The van der Waals surface area contributed by atoms with Crippen molar-refractivity contribution in [2.45, 2.75) is 38.4 Å². The van der Waals surface area contributed by atoms with E-state index in [2.05, 4.69) is 27.4 Å². The summed E-state index contributed by atoms with van der Waals surface area (Å²) in [5.74, 6) is 1.44.